The fourth-order valence-corrected chi connectivity index (χ4v) is 3.80. The third-order valence-electron chi connectivity index (χ3n) is 5.38. The molecule has 0 aromatic rings. The Hall–Kier alpha value is -0.0400. The summed E-state index contributed by atoms with van der Waals surface area (Å²) < 4.78 is 0. The van der Waals surface area contributed by atoms with Crippen LogP contribution in [0.3, 0.4) is 0 Å². The largest absolute Gasteiger partial charge is 0.314 e. The molecule has 1 N–H and O–H groups in total. The van der Waals surface area contributed by atoms with E-state index < -0.39 is 0 Å². The lowest BCUT2D eigenvalue weighted by atomic mass is 9.74. The van der Waals surface area contributed by atoms with Gasteiger partial charge < -0.3 is 5.32 Å². The quantitative estimate of drug-likeness (QED) is 0.696. The van der Waals surface area contributed by atoms with Crippen molar-refractivity contribution in [3.8, 4) is 0 Å². The van der Waals surface area contributed by atoms with Gasteiger partial charge in [-0.2, -0.15) is 0 Å². The van der Waals surface area contributed by atoms with E-state index in [1.807, 2.05) is 0 Å². The van der Waals surface area contributed by atoms with Crippen molar-refractivity contribution >= 4 is 0 Å². The molecule has 1 unspecified atom stereocenters. The Bertz CT molecular complexity index is 224. The van der Waals surface area contributed by atoms with Gasteiger partial charge in [0, 0.05) is 6.04 Å². The molecular weight excluding hydrogens is 218 g/mol. The Labute approximate surface area is 114 Å². The van der Waals surface area contributed by atoms with E-state index in [2.05, 4.69) is 26.1 Å². The van der Waals surface area contributed by atoms with Crippen molar-refractivity contribution in [1.29, 1.82) is 0 Å². The van der Waals surface area contributed by atoms with Crippen molar-refractivity contribution in [3.05, 3.63) is 0 Å². The molecule has 0 aromatic heterocycles. The number of hydrogen-bond donors (Lipinski definition) is 1. The number of hydrogen-bond acceptors (Lipinski definition) is 1. The second-order valence-corrected chi connectivity index (χ2v) is 7.10. The second kappa shape index (κ2) is 6.93. The maximum absolute atomic E-state index is 3.78. The summed E-state index contributed by atoms with van der Waals surface area (Å²) in [4.78, 5) is 0. The van der Waals surface area contributed by atoms with Crippen LogP contribution >= 0.6 is 0 Å². The van der Waals surface area contributed by atoms with Crippen molar-refractivity contribution in [2.24, 2.45) is 23.7 Å². The molecule has 0 spiro atoms. The Morgan fingerprint density at radius 3 is 2.06 bits per heavy atom. The molecule has 0 saturated heterocycles. The van der Waals surface area contributed by atoms with Crippen LogP contribution in [-0.2, 0) is 0 Å². The van der Waals surface area contributed by atoms with Crippen LogP contribution in [-0.4, -0.2) is 12.6 Å². The van der Waals surface area contributed by atoms with Gasteiger partial charge in [-0.05, 0) is 68.7 Å². The summed E-state index contributed by atoms with van der Waals surface area (Å²) in [6.45, 7) is 8.23. The van der Waals surface area contributed by atoms with Crippen LogP contribution in [0, 0.1) is 23.7 Å². The topological polar surface area (TPSA) is 12.0 Å². The van der Waals surface area contributed by atoms with Crippen LogP contribution < -0.4 is 5.32 Å². The molecule has 0 heterocycles. The minimum absolute atomic E-state index is 0.823. The molecule has 0 amide bonds. The standard InChI is InChI=1S/C17H33N/c1-4-18-17(12-7-14-5-6-14)16-10-8-15(9-11-16)13(2)3/h13-18H,4-12H2,1-3H3. The summed E-state index contributed by atoms with van der Waals surface area (Å²) >= 11 is 0. The van der Waals surface area contributed by atoms with E-state index in [4.69, 9.17) is 0 Å². The van der Waals surface area contributed by atoms with Crippen molar-refractivity contribution in [2.45, 2.75) is 78.2 Å². The fourth-order valence-electron chi connectivity index (χ4n) is 3.80. The molecule has 0 aromatic carbocycles. The molecule has 2 aliphatic rings. The van der Waals surface area contributed by atoms with E-state index >= 15 is 0 Å². The highest BCUT2D eigenvalue weighted by atomic mass is 14.9. The molecule has 0 radical (unpaired) electrons. The highest BCUT2D eigenvalue weighted by molar-refractivity contribution is 4.84. The molecule has 0 aliphatic heterocycles. The first-order valence-electron chi connectivity index (χ1n) is 8.44. The van der Waals surface area contributed by atoms with Crippen LogP contribution in [0.15, 0.2) is 0 Å². The van der Waals surface area contributed by atoms with Gasteiger partial charge in [-0.15, -0.1) is 0 Å². The third kappa shape index (κ3) is 4.26. The van der Waals surface area contributed by atoms with Crippen LogP contribution in [0.5, 0.6) is 0 Å². The minimum atomic E-state index is 0.823. The average Bonchev–Trinajstić information content (AvgIpc) is 3.18. The molecule has 1 nitrogen and oxygen atoms in total. The van der Waals surface area contributed by atoms with Gasteiger partial charge in [-0.1, -0.05) is 33.6 Å². The molecule has 2 saturated carbocycles. The van der Waals surface area contributed by atoms with E-state index in [0.29, 0.717) is 0 Å². The molecule has 1 heteroatoms. The zero-order valence-electron chi connectivity index (χ0n) is 12.8. The van der Waals surface area contributed by atoms with Crippen molar-refractivity contribution < 1.29 is 0 Å². The van der Waals surface area contributed by atoms with E-state index in [1.165, 1.54) is 51.4 Å². The Morgan fingerprint density at radius 1 is 0.944 bits per heavy atom. The van der Waals surface area contributed by atoms with E-state index in [0.717, 1.165) is 36.3 Å². The predicted molar refractivity (Wildman–Crippen MR) is 79.7 cm³/mol. The zero-order valence-corrected chi connectivity index (χ0v) is 12.8. The molecule has 0 bridgehead atoms. The predicted octanol–water partition coefficient (Wildman–Crippen LogP) is 4.62. The molecular formula is C17H33N. The minimum Gasteiger partial charge on any atom is -0.314 e. The Kier molecular flexibility index (Phi) is 5.54. The first-order chi connectivity index (χ1) is 8.70. The first kappa shape index (κ1) is 14.4. The van der Waals surface area contributed by atoms with Crippen molar-refractivity contribution in [2.75, 3.05) is 6.54 Å². The van der Waals surface area contributed by atoms with Crippen LogP contribution in [0.1, 0.15) is 72.1 Å². The summed E-state index contributed by atoms with van der Waals surface area (Å²) in [6.07, 6.45) is 11.9. The highest BCUT2D eigenvalue weighted by Crippen LogP contribution is 2.38. The van der Waals surface area contributed by atoms with Gasteiger partial charge in [0.05, 0.1) is 0 Å². The maximum Gasteiger partial charge on any atom is 0.00953 e. The lowest BCUT2D eigenvalue weighted by Crippen LogP contribution is -2.38. The summed E-state index contributed by atoms with van der Waals surface area (Å²) in [5.74, 6) is 3.97. The first-order valence-corrected chi connectivity index (χ1v) is 8.44. The summed E-state index contributed by atoms with van der Waals surface area (Å²) in [5.41, 5.74) is 0. The molecule has 2 rings (SSSR count). The van der Waals surface area contributed by atoms with E-state index in [-0.39, 0.29) is 0 Å². The summed E-state index contributed by atoms with van der Waals surface area (Å²) in [6, 6.07) is 0.823. The smallest absolute Gasteiger partial charge is 0.00953 e. The lowest BCUT2D eigenvalue weighted by molar-refractivity contribution is 0.182. The van der Waals surface area contributed by atoms with Crippen molar-refractivity contribution in [1.82, 2.24) is 5.32 Å². The zero-order chi connectivity index (χ0) is 13.0. The van der Waals surface area contributed by atoms with E-state index in [1.54, 1.807) is 0 Å². The molecule has 2 fully saturated rings. The summed E-state index contributed by atoms with van der Waals surface area (Å²) in [5, 5.41) is 3.78. The van der Waals surface area contributed by atoms with Crippen LogP contribution in [0.4, 0.5) is 0 Å². The van der Waals surface area contributed by atoms with Gasteiger partial charge in [-0.25, -0.2) is 0 Å². The monoisotopic (exact) mass is 251 g/mol. The van der Waals surface area contributed by atoms with Crippen molar-refractivity contribution in [3.63, 3.8) is 0 Å². The van der Waals surface area contributed by atoms with Gasteiger partial charge in [0.15, 0.2) is 0 Å². The highest BCUT2D eigenvalue weighted by Gasteiger charge is 2.30. The number of rotatable bonds is 7. The van der Waals surface area contributed by atoms with Gasteiger partial charge >= 0.3 is 0 Å². The number of nitrogens with one attached hydrogen (secondary N) is 1. The molecule has 106 valence electrons. The Morgan fingerprint density at radius 2 is 1.56 bits per heavy atom. The van der Waals surface area contributed by atoms with Gasteiger partial charge in [-0.3, -0.25) is 0 Å². The second-order valence-electron chi connectivity index (χ2n) is 7.10. The maximum atomic E-state index is 3.78. The molecule has 2 aliphatic carbocycles. The van der Waals surface area contributed by atoms with Crippen LogP contribution in [0.25, 0.3) is 0 Å². The average molecular weight is 251 g/mol. The van der Waals surface area contributed by atoms with Gasteiger partial charge in [0.2, 0.25) is 0 Å². The lowest BCUT2D eigenvalue weighted by Gasteiger charge is -2.36. The fraction of sp³-hybridized carbons (Fsp3) is 1.00. The third-order valence-corrected chi connectivity index (χ3v) is 5.38. The molecule has 18 heavy (non-hydrogen) atoms. The SMILES string of the molecule is CCNC(CCC1CC1)C1CCC(C(C)C)CC1. The van der Waals surface area contributed by atoms with Gasteiger partial charge in [0.1, 0.15) is 0 Å². The van der Waals surface area contributed by atoms with Crippen LogP contribution in [0.2, 0.25) is 0 Å². The normalized spacial score (nSPS) is 30.7. The molecule has 1 atom stereocenters. The van der Waals surface area contributed by atoms with E-state index in [9.17, 15) is 0 Å². The van der Waals surface area contributed by atoms with Gasteiger partial charge in [0.25, 0.3) is 0 Å². The summed E-state index contributed by atoms with van der Waals surface area (Å²) in [7, 11) is 0. The Balaban J connectivity index is 1.75.